The molecular weight excluding hydrogens is 220 g/mol. The Hall–Kier alpha value is -1.75. The zero-order chi connectivity index (χ0) is 13.0. The largest absolute Gasteiger partial charge is 0.478 e. The van der Waals surface area contributed by atoms with Crippen LogP contribution in [0.25, 0.3) is 0 Å². The molecule has 0 fully saturated rings. The molecule has 0 saturated heterocycles. The smallest absolute Gasteiger partial charge is 0.335 e. The third-order valence-corrected chi connectivity index (χ3v) is 2.72. The molecule has 1 aromatic rings. The number of nitrogens with zero attached hydrogens (tertiary/aromatic N) is 1. The Bertz CT molecular complexity index is 407. The predicted molar refractivity (Wildman–Crippen MR) is 67.6 cm³/mol. The van der Waals surface area contributed by atoms with E-state index >= 15 is 0 Å². The highest BCUT2D eigenvalue weighted by atomic mass is 16.5. The summed E-state index contributed by atoms with van der Waals surface area (Å²) >= 11 is 0. The summed E-state index contributed by atoms with van der Waals surface area (Å²) in [5.41, 5.74) is 7.30. The number of hydrogen-bond acceptors (Lipinski definition) is 4. The molecular formula is C12H18N2O3. The Labute approximate surface area is 101 Å². The van der Waals surface area contributed by atoms with Gasteiger partial charge in [-0.05, 0) is 25.1 Å². The highest BCUT2D eigenvalue weighted by molar-refractivity contribution is 5.90. The van der Waals surface area contributed by atoms with Gasteiger partial charge in [0.1, 0.15) is 0 Å². The summed E-state index contributed by atoms with van der Waals surface area (Å²) in [5, 5.41) is 8.84. The molecule has 5 nitrogen and oxygen atoms in total. The summed E-state index contributed by atoms with van der Waals surface area (Å²) in [4.78, 5) is 12.7. The summed E-state index contributed by atoms with van der Waals surface area (Å²) in [6, 6.07) is 4.89. The minimum Gasteiger partial charge on any atom is -0.478 e. The highest BCUT2D eigenvalue weighted by Gasteiger charge is 2.14. The van der Waals surface area contributed by atoms with E-state index < -0.39 is 5.97 Å². The van der Waals surface area contributed by atoms with Crippen molar-refractivity contribution in [3.8, 4) is 0 Å². The fraction of sp³-hybridized carbons (Fsp3) is 0.417. The maximum atomic E-state index is 10.8. The lowest BCUT2D eigenvalue weighted by Gasteiger charge is -2.27. The van der Waals surface area contributed by atoms with Gasteiger partial charge in [0.15, 0.2) is 0 Å². The maximum absolute atomic E-state index is 10.8. The molecule has 0 spiro atoms. The van der Waals surface area contributed by atoms with Crippen molar-refractivity contribution in [2.24, 2.45) is 0 Å². The van der Waals surface area contributed by atoms with Gasteiger partial charge in [-0.25, -0.2) is 4.79 Å². The van der Waals surface area contributed by atoms with Crippen molar-refractivity contribution in [3.63, 3.8) is 0 Å². The number of rotatable bonds is 5. The molecule has 0 heterocycles. The Morgan fingerprint density at radius 1 is 1.59 bits per heavy atom. The third kappa shape index (κ3) is 3.10. The maximum Gasteiger partial charge on any atom is 0.335 e. The van der Waals surface area contributed by atoms with Gasteiger partial charge in [0.25, 0.3) is 0 Å². The normalized spacial score (nSPS) is 12.2. The topological polar surface area (TPSA) is 75.8 Å². The first-order valence-corrected chi connectivity index (χ1v) is 5.32. The van der Waals surface area contributed by atoms with Crippen molar-refractivity contribution in [3.05, 3.63) is 23.8 Å². The molecule has 17 heavy (non-hydrogen) atoms. The number of anilines is 2. The quantitative estimate of drug-likeness (QED) is 0.759. The van der Waals surface area contributed by atoms with Crippen LogP contribution in [0.4, 0.5) is 11.4 Å². The SMILES string of the molecule is COCC(C)N(C)c1ccc(C(=O)O)cc1N. The second-order valence-corrected chi connectivity index (χ2v) is 3.99. The molecule has 1 aromatic carbocycles. The van der Waals surface area contributed by atoms with Crippen LogP contribution in [0.15, 0.2) is 18.2 Å². The second kappa shape index (κ2) is 5.54. The minimum absolute atomic E-state index is 0.165. The van der Waals surface area contributed by atoms with Crippen LogP contribution < -0.4 is 10.6 Å². The molecule has 0 aliphatic rings. The Balaban J connectivity index is 2.95. The van der Waals surface area contributed by atoms with E-state index in [-0.39, 0.29) is 11.6 Å². The number of likely N-dealkylation sites (N-methyl/N-ethyl adjacent to an activating group) is 1. The van der Waals surface area contributed by atoms with Crippen molar-refractivity contribution in [2.75, 3.05) is 31.4 Å². The summed E-state index contributed by atoms with van der Waals surface area (Å²) in [5.74, 6) is -0.976. The Morgan fingerprint density at radius 2 is 2.24 bits per heavy atom. The average molecular weight is 238 g/mol. The molecule has 0 saturated carbocycles. The molecule has 0 aromatic heterocycles. The van der Waals surface area contributed by atoms with E-state index in [2.05, 4.69) is 0 Å². The van der Waals surface area contributed by atoms with Crippen molar-refractivity contribution < 1.29 is 14.6 Å². The number of ether oxygens (including phenoxy) is 1. The van der Waals surface area contributed by atoms with Gasteiger partial charge in [-0.3, -0.25) is 0 Å². The predicted octanol–water partition coefficient (Wildman–Crippen LogP) is 1.44. The number of nitrogens with two attached hydrogens (primary N) is 1. The summed E-state index contributed by atoms with van der Waals surface area (Å²) < 4.78 is 5.07. The van der Waals surface area contributed by atoms with Crippen LogP contribution in [0, 0.1) is 0 Å². The molecule has 0 aliphatic heterocycles. The summed E-state index contributed by atoms with van der Waals surface area (Å²) in [7, 11) is 3.54. The lowest BCUT2D eigenvalue weighted by Crippen LogP contribution is -2.33. The first-order valence-electron chi connectivity index (χ1n) is 5.32. The van der Waals surface area contributed by atoms with Crippen LogP contribution in [-0.4, -0.2) is 37.9 Å². The molecule has 0 bridgehead atoms. The minimum atomic E-state index is -0.976. The number of aromatic carboxylic acids is 1. The van der Waals surface area contributed by atoms with Gasteiger partial charge in [-0.15, -0.1) is 0 Å². The van der Waals surface area contributed by atoms with Gasteiger partial charge < -0.3 is 20.5 Å². The van der Waals surface area contributed by atoms with E-state index in [0.29, 0.717) is 12.3 Å². The van der Waals surface area contributed by atoms with Gasteiger partial charge >= 0.3 is 5.97 Å². The number of hydrogen-bond donors (Lipinski definition) is 2. The lowest BCUT2D eigenvalue weighted by molar-refractivity contribution is 0.0697. The number of methoxy groups -OCH3 is 1. The van der Waals surface area contributed by atoms with E-state index in [1.165, 1.54) is 6.07 Å². The number of carbonyl (C=O) groups is 1. The zero-order valence-electron chi connectivity index (χ0n) is 10.3. The number of benzene rings is 1. The molecule has 1 unspecified atom stereocenters. The van der Waals surface area contributed by atoms with E-state index in [4.69, 9.17) is 15.6 Å². The average Bonchev–Trinajstić information content (AvgIpc) is 2.28. The van der Waals surface area contributed by atoms with Gasteiger partial charge in [-0.2, -0.15) is 0 Å². The summed E-state index contributed by atoms with van der Waals surface area (Å²) in [6.45, 7) is 2.59. The Morgan fingerprint density at radius 3 is 2.71 bits per heavy atom. The lowest BCUT2D eigenvalue weighted by atomic mass is 10.1. The zero-order valence-corrected chi connectivity index (χ0v) is 10.3. The molecule has 1 atom stereocenters. The molecule has 3 N–H and O–H groups in total. The molecule has 94 valence electrons. The second-order valence-electron chi connectivity index (χ2n) is 3.99. The number of nitrogen functional groups attached to an aromatic ring is 1. The summed E-state index contributed by atoms with van der Waals surface area (Å²) in [6.07, 6.45) is 0. The molecule has 1 rings (SSSR count). The van der Waals surface area contributed by atoms with Crippen molar-refractivity contribution in [1.29, 1.82) is 0 Å². The van der Waals surface area contributed by atoms with E-state index in [9.17, 15) is 4.79 Å². The van der Waals surface area contributed by atoms with Gasteiger partial charge in [0.2, 0.25) is 0 Å². The van der Waals surface area contributed by atoms with E-state index in [0.717, 1.165) is 5.69 Å². The van der Waals surface area contributed by atoms with Gasteiger partial charge in [0.05, 0.1) is 23.5 Å². The Kier molecular flexibility index (Phi) is 4.34. The fourth-order valence-electron chi connectivity index (χ4n) is 1.60. The highest BCUT2D eigenvalue weighted by Crippen LogP contribution is 2.25. The number of carboxylic acid groups (broad SMARTS) is 1. The molecule has 0 radical (unpaired) electrons. The van der Waals surface area contributed by atoms with E-state index in [1.54, 1.807) is 19.2 Å². The first kappa shape index (κ1) is 13.3. The first-order chi connectivity index (χ1) is 7.97. The monoisotopic (exact) mass is 238 g/mol. The van der Waals surface area contributed by atoms with Gasteiger partial charge in [0, 0.05) is 20.2 Å². The standard InChI is InChI=1S/C12H18N2O3/c1-8(7-17-3)14(2)11-5-4-9(12(15)16)6-10(11)13/h4-6,8H,7,13H2,1-3H3,(H,15,16). The van der Waals surface area contributed by atoms with Crippen LogP contribution >= 0.6 is 0 Å². The fourth-order valence-corrected chi connectivity index (χ4v) is 1.60. The van der Waals surface area contributed by atoms with Crippen LogP contribution in [0.2, 0.25) is 0 Å². The molecule has 5 heteroatoms. The van der Waals surface area contributed by atoms with Crippen molar-refractivity contribution in [2.45, 2.75) is 13.0 Å². The van der Waals surface area contributed by atoms with Crippen LogP contribution in [0.5, 0.6) is 0 Å². The van der Waals surface area contributed by atoms with Crippen LogP contribution in [-0.2, 0) is 4.74 Å². The van der Waals surface area contributed by atoms with Gasteiger partial charge in [-0.1, -0.05) is 0 Å². The molecule has 0 aliphatic carbocycles. The van der Waals surface area contributed by atoms with Crippen molar-refractivity contribution >= 4 is 17.3 Å². The third-order valence-electron chi connectivity index (χ3n) is 2.72. The van der Waals surface area contributed by atoms with Crippen molar-refractivity contribution in [1.82, 2.24) is 0 Å². The number of carboxylic acids is 1. The van der Waals surface area contributed by atoms with E-state index in [1.807, 2.05) is 18.9 Å². The van der Waals surface area contributed by atoms with Crippen LogP contribution in [0.1, 0.15) is 17.3 Å². The van der Waals surface area contributed by atoms with Crippen LogP contribution in [0.3, 0.4) is 0 Å². The molecule has 0 amide bonds.